The lowest BCUT2D eigenvalue weighted by atomic mass is 9.99. The zero-order valence-corrected chi connectivity index (χ0v) is 14.3. The average Bonchev–Trinajstić information content (AvgIpc) is 2.64. The second kappa shape index (κ2) is 9.08. The molecule has 0 aromatic heterocycles. The molecule has 3 aromatic carbocycles. The summed E-state index contributed by atoms with van der Waals surface area (Å²) in [4.78, 5) is 0. The molecule has 0 radical (unpaired) electrons. The van der Waals surface area contributed by atoms with Crippen LogP contribution in [0.3, 0.4) is 0 Å². The van der Waals surface area contributed by atoms with E-state index in [9.17, 15) is 0 Å². The van der Waals surface area contributed by atoms with Crippen LogP contribution >= 0.6 is 0 Å². The molecule has 0 atom stereocenters. The van der Waals surface area contributed by atoms with Gasteiger partial charge in [-0.2, -0.15) is 0 Å². The minimum atomic E-state index is 1.17. The molecule has 0 spiro atoms. The molecule has 122 valence electrons. The van der Waals surface area contributed by atoms with E-state index in [0.29, 0.717) is 0 Å². The number of rotatable bonds is 8. The fraction of sp³-hybridized carbons (Fsp3) is 0.250. The molecule has 3 rings (SSSR count). The van der Waals surface area contributed by atoms with Crippen LogP contribution < -0.4 is 0 Å². The van der Waals surface area contributed by atoms with Crippen molar-refractivity contribution in [3.8, 4) is 0 Å². The van der Waals surface area contributed by atoms with Gasteiger partial charge in [-0.1, -0.05) is 84.9 Å². The van der Waals surface area contributed by atoms with Crippen molar-refractivity contribution in [3.63, 3.8) is 0 Å². The van der Waals surface area contributed by atoms with Gasteiger partial charge in [0.1, 0.15) is 0 Å². The molecule has 24 heavy (non-hydrogen) atoms. The minimum Gasteiger partial charge on any atom is -0.0622 e. The Morgan fingerprint density at radius 2 is 0.750 bits per heavy atom. The number of benzene rings is 3. The third-order valence-electron chi connectivity index (χ3n) is 4.54. The van der Waals surface area contributed by atoms with Gasteiger partial charge in [-0.15, -0.1) is 0 Å². The van der Waals surface area contributed by atoms with Gasteiger partial charge in [-0.05, 0) is 60.8 Å². The van der Waals surface area contributed by atoms with E-state index < -0.39 is 0 Å². The number of hydrogen-bond donors (Lipinski definition) is 0. The molecule has 0 fully saturated rings. The van der Waals surface area contributed by atoms with Crippen LogP contribution in [0.5, 0.6) is 0 Å². The first-order valence-electron chi connectivity index (χ1n) is 9.06. The zero-order chi connectivity index (χ0) is 16.5. The Kier molecular flexibility index (Phi) is 6.25. The highest BCUT2D eigenvalue weighted by atomic mass is 14.0. The van der Waals surface area contributed by atoms with Crippen molar-refractivity contribution in [3.05, 3.63) is 107 Å². The topological polar surface area (TPSA) is 0 Å². The van der Waals surface area contributed by atoms with Crippen molar-refractivity contribution < 1.29 is 0 Å². The Balaban J connectivity index is 1.45. The van der Waals surface area contributed by atoms with E-state index in [2.05, 4.69) is 84.9 Å². The Morgan fingerprint density at radius 3 is 1.21 bits per heavy atom. The number of hydrogen-bond acceptors (Lipinski definition) is 0. The van der Waals surface area contributed by atoms with E-state index in [-0.39, 0.29) is 0 Å². The van der Waals surface area contributed by atoms with Crippen LogP contribution in [0.15, 0.2) is 84.9 Å². The van der Waals surface area contributed by atoms with E-state index in [1.165, 1.54) is 60.8 Å². The van der Waals surface area contributed by atoms with Crippen molar-refractivity contribution in [1.82, 2.24) is 0 Å². The molecule has 0 aliphatic heterocycles. The Labute approximate surface area is 146 Å². The van der Waals surface area contributed by atoms with Crippen LogP contribution in [0.2, 0.25) is 0 Å². The van der Waals surface area contributed by atoms with Gasteiger partial charge < -0.3 is 0 Å². The molecule has 0 aliphatic rings. The smallest absolute Gasteiger partial charge is 0.0276 e. The maximum Gasteiger partial charge on any atom is -0.0276 e. The lowest BCUT2D eigenvalue weighted by molar-refractivity contribution is 0.804. The summed E-state index contributed by atoms with van der Waals surface area (Å²) in [5.41, 5.74) is 5.83. The molecule has 0 heteroatoms. The summed E-state index contributed by atoms with van der Waals surface area (Å²) < 4.78 is 0. The van der Waals surface area contributed by atoms with E-state index in [0.717, 1.165) is 0 Å². The third-order valence-corrected chi connectivity index (χ3v) is 4.54. The van der Waals surface area contributed by atoms with E-state index in [4.69, 9.17) is 0 Å². The van der Waals surface area contributed by atoms with Gasteiger partial charge in [0.05, 0.1) is 0 Å². The average molecular weight is 314 g/mol. The van der Waals surface area contributed by atoms with Crippen molar-refractivity contribution in [2.45, 2.75) is 38.5 Å². The summed E-state index contributed by atoms with van der Waals surface area (Å²) >= 11 is 0. The van der Waals surface area contributed by atoms with Gasteiger partial charge in [-0.25, -0.2) is 0 Å². The van der Waals surface area contributed by atoms with Crippen LogP contribution in [0.25, 0.3) is 0 Å². The predicted octanol–water partition coefficient (Wildman–Crippen LogP) is 6.04. The molecule has 0 amide bonds. The maximum absolute atomic E-state index is 2.40. The van der Waals surface area contributed by atoms with Gasteiger partial charge >= 0.3 is 0 Å². The van der Waals surface area contributed by atoms with Crippen molar-refractivity contribution in [2.75, 3.05) is 0 Å². The monoisotopic (exact) mass is 314 g/mol. The first kappa shape index (κ1) is 16.5. The molecule has 0 heterocycles. The quantitative estimate of drug-likeness (QED) is 0.475. The molecule has 0 bridgehead atoms. The molecular formula is C24H26. The molecule has 0 saturated carbocycles. The van der Waals surface area contributed by atoms with Gasteiger partial charge in [-0.3, -0.25) is 0 Å². The summed E-state index contributed by atoms with van der Waals surface area (Å²) in [6, 6.07) is 30.7. The SMILES string of the molecule is c1ccc(CCCc2cccc(CCCc3ccccc3)c2)cc1. The van der Waals surface area contributed by atoms with E-state index in [1.807, 2.05) is 0 Å². The molecule has 0 saturated heterocycles. The normalized spacial score (nSPS) is 10.7. The van der Waals surface area contributed by atoms with E-state index in [1.54, 1.807) is 0 Å². The summed E-state index contributed by atoms with van der Waals surface area (Å²) in [6.07, 6.45) is 7.11. The molecule has 3 aromatic rings. The number of aryl methyl sites for hydroxylation is 4. The van der Waals surface area contributed by atoms with Crippen LogP contribution in [0, 0.1) is 0 Å². The van der Waals surface area contributed by atoms with Crippen molar-refractivity contribution in [1.29, 1.82) is 0 Å². The molecule has 0 aliphatic carbocycles. The van der Waals surface area contributed by atoms with Crippen LogP contribution in [-0.2, 0) is 25.7 Å². The summed E-state index contributed by atoms with van der Waals surface area (Å²) in [5.74, 6) is 0. The third kappa shape index (κ3) is 5.38. The van der Waals surface area contributed by atoms with Gasteiger partial charge in [0.15, 0.2) is 0 Å². The summed E-state index contributed by atoms with van der Waals surface area (Å²) in [6.45, 7) is 0. The Bertz CT molecular complexity index is 653. The predicted molar refractivity (Wildman–Crippen MR) is 103 cm³/mol. The first-order valence-corrected chi connectivity index (χ1v) is 9.06. The maximum atomic E-state index is 2.40. The molecule has 0 unspecified atom stereocenters. The van der Waals surface area contributed by atoms with Crippen LogP contribution in [-0.4, -0.2) is 0 Å². The zero-order valence-electron chi connectivity index (χ0n) is 14.3. The van der Waals surface area contributed by atoms with Crippen molar-refractivity contribution >= 4 is 0 Å². The lowest BCUT2D eigenvalue weighted by Crippen LogP contribution is -1.93. The van der Waals surface area contributed by atoms with E-state index >= 15 is 0 Å². The van der Waals surface area contributed by atoms with Gasteiger partial charge in [0.2, 0.25) is 0 Å². The standard InChI is InChI=1S/C24H26/c1-3-10-21(11-4-1)14-7-16-23-18-9-19-24(20-23)17-8-15-22-12-5-2-6-13-22/h1-6,9-13,18-20H,7-8,14-17H2. The largest absolute Gasteiger partial charge is 0.0622 e. The second-order valence-corrected chi connectivity index (χ2v) is 6.50. The molecular weight excluding hydrogens is 288 g/mol. The Hall–Kier alpha value is -2.34. The summed E-state index contributed by atoms with van der Waals surface area (Å²) in [7, 11) is 0. The van der Waals surface area contributed by atoms with Crippen LogP contribution in [0.1, 0.15) is 35.1 Å². The van der Waals surface area contributed by atoms with Crippen LogP contribution in [0.4, 0.5) is 0 Å². The fourth-order valence-electron chi connectivity index (χ4n) is 3.22. The highest BCUT2D eigenvalue weighted by molar-refractivity contribution is 5.24. The fourth-order valence-corrected chi connectivity index (χ4v) is 3.22. The highest BCUT2D eigenvalue weighted by Crippen LogP contribution is 2.13. The second-order valence-electron chi connectivity index (χ2n) is 6.50. The first-order chi connectivity index (χ1) is 11.9. The van der Waals surface area contributed by atoms with Gasteiger partial charge in [0, 0.05) is 0 Å². The highest BCUT2D eigenvalue weighted by Gasteiger charge is 1.99. The molecule has 0 nitrogen and oxygen atoms in total. The molecule has 0 N–H and O–H groups in total. The van der Waals surface area contributed by atoms with Crippen molar-refractivity contribution in [2.24, 2.45) is 0 Å². The Morgan fingerprint density at radius 1 is 0.375 bits per heavy atom. The lowest BCUT2D eigenvalue weighted by Gasteiger charge is -2.06. The van der Waals surface area contributed by atoms with Gasteiger partial charge in [0.25, 0.3) is 0 Å². The summed E-state index contributed by atoms with van der Waals surface area (Å²) in [5, 5.41) is 0. The minimum absolute atomic E-state index is 1.17.